The van der Waals surface area contributed by atoms with Gasteiger partial charge in [0.2, 0.25) is 0 Å². The molecule has 0 radical (unpaired) electrons. The SMILES string of the molecule is Bc1cnn2c(NCc3cccnc3)cc(C3CCN(C4C[C@@H]5CC[C@H]4C5)CC3)nc12. The van der Waals surface area contributed by atoms with Crippen LogP contribution in [0, 0.1) is 11.8 Å². The summed E-state index contributed by atoms with van der Waals surface area (Å²) >= 11 is 0. The van der Waals surface area contributed by atoms with Crippen molar-refractivity contribution in [3.05, 3.63) is 48.0 Å². The van der Waals surface area contributed by atoms with Crippen LogP contribution >= 0.6 is 0 Å². The Labute approximate surface area is 184 Å². The van der Waals surface area contributed by atoms with Crippen molar-refractivity contribution in [3.63, 3.8) is 0 Å². The molecule has 0 amide bonds. The zero-order valence-electron chi connectivity index (χ0n) is 18.4. The summed E-state index contributed by atoms with van der Waals surface area (Å²) in [5.41, 5.74) is 4.49. The molecule has 0 aromatic carbocycles. The summed E-state index contributed by atoms with van der Waals surface area (Å²) in [7, 11) is 2.10. The zero-order valence-corrected chi connectivity index (χ0v) is 18.4. The van der Waals surface area contributed by atoms with Crippen LogP contribution in [0.25, 0.3) is 5.65 Å². The molecule has 0 spiro atoms. The van der Waals surface area contributed by atoms with E-state index in [1.165, 1.54) is 57.3 Å². The van der Waals surface area contributed by atoms with Crippen LogP contribution in [-0.4, -0.2) is 51.5 Å². The minimum absolute atomic E-state index is 0.535. The third kappa shape index (κ3) is 3.63. The quantitative estimate of drug-likeness (QED) is 0.650. The number of hydrogen-bond acceptors (Lipinski definition) is 5. The van der Waals surface area contributed by atoms with Gasteiger partial charge in [0.15, 0.2) is 5.65 Å². The summed E-state index contributed by atoms with van der Waals surface area (Å²) in [5.74, 6) is 3.56. The van der Waals surface area contributed by atoms with E-state index >= 15 is 0 Å². The van der Waals surface area contributed by atoms with Crippen molar-refractivity contribution < 1.29 is 0 Å². The van der Waals surface area contributed by atoms with Crippen LogP contribution in [0.2, 0.25) is 0 Å². The van der Waals surface area contributed by atoms with Crippen molar-refractivity contribution in [1.29, 1.82) is 0 Å². The summed E-state index contributed by atoms with van der Waals surface area (Å²) in [6.45, 7) is 3.18. The molecule has 6 rings (SSSR count). The molecule has 31 heavy (non-hydrogen) atoms. The van der Waals surface area contributed by atoms with Gasteiger partial charge in [-0.3, -0.25) is 4.98 Å². The largest absolute Gasteiger partial charge is 0.366 e. The molecule has 160 valence electrons. The Morgan fingerprint density at radius 1 is 1.10 bits per heavy atom. The van der Waals surface area contributed by atoms with Crippen molar-refractivity contribution in [1.82, 2.24) is 24.5 Å². The van der Waals surface area contributed by atoms with E-state index in [0.717, 1.165) is 46.9 Å². The van der Waals surface area contributed by atoms with Gasteiger partial charge in [0, 0.05) is 48.9 Å². The maximum absolute atomic E-state index is 5.06. The van der Waals surface area contributed by atoms with Gasteiger partial charge in [0.25, 0.3) is 0 Å². The lowest BCUT2D eigenvalue weighted by Crippen LogP contribution is -2.43. The van der Waals surface area contributed by atoms with Gasteiger partial charge in [-0.1, -0.05) is 12.5 Å². The van der Waals surface area contributed by atoms with Gasteiger partial charge >= 0.3 is 0 Å². The molecular weight excluding hydrogens is 383 g/mol. The second-order valence-electron chi connectivity index (χ2n) is 9.90. The minimum atomic E-state index is 0.535. The fraction of sp³-hybridized carbons (Fsp3) is 0.542. The molecule has 2 aliphatic carbocycles. The number of nitrogens with one attached hydrogen (secondary N) is 1. The summed E-state index contributed by atoms with van der Waals surface area (Å²) in [4.78, 5) is 12.1. The number of rotatable bonds is 5. The summed E-state index contributed by atoms with van der Waals surface area (Å²) in [6.07, 6.45) is 14.0. The lowest BCUT2D eigenvalue weighted by Gasteiger charge is -2.39. The second kappa shape index (κ2) is 7.94. The molecule has 3 fully saturated rings. The van der Waals surface area contributed by atoms with Crippen LogP contribution in [0.1, 0.15) is 55.7 Å². The average Bonchev–Trinajstić information content (AvgIpc) is 3.55. The predicted octanol–water partition coefficient (Wildman–Crippen LogP) is 2.36. The standard InChI is InChI=1S/C24H31BN6/c25-20-15-28-31-23(27-14-17-2-1-7-26-13-17)12-21(29-24(20)31)18-5-8-30(9-6-18)22-11-16-3-4-19(22)10-16/h1-2,7,12-13,15-16,18-19,22,27H,3-6,8-11,14,25H2/t16-,19+,22?/m1/s1. The van der Waals surface area contributed by atoms with Crippen LogP contribution in [0.3, 0.4) is 0 Å². The average molecular weight is 414 g/mol. The minimum Gasteiger partial charge on any atom is -0.366 e. The van der Waals surface area contributed by atoms with Crippen LogP contribution in [0.15, 0.2) is 36.8 Å². The second-order valence-corrected chi connectivity index (χ2v) is 9.90. The van der Waals surface area contributed by atoms with E-state index in [1.807, 2.05) is 29.2 Å². The Hall–Kier alpha value is -2.41. The van der Waals surface area contributed by atoms with Crippen LogP contribution in [-0.2, 0) is 6.54 Å². The van der Waals surface area contributed by atoms with E-state index in [0.29, 0.717) is 5.92 Å². The van der Waals surface area contributed by atoms with Gasteiger partial charge in [-0.25, -0.2) is 4.98 Å². The van der Waals surface area contributed by atoms with Crippen molar-refractivity contribution in [2.24, 2.45) is 11.8 Å². The Morgan fingerprint density at radius 3 is 2.74 bits per heavy atom. The molecule has 3 atom stereocenters. The lowest BCUT2D eigenvalue weighted by atomic mass is 9.88. The number of aromatic nitrogens is 4. The Morgan fingerprint density at radius 2 is 2.00 bits per heavy atom. The van der Waals surface area contributed by atoms with Crippen molar-refractivity contribution in [3.8, 4) is 0 Å². The fourth-order valence-electron chi connectivity index (χ4n) is 6.31. The van der Waals surface area contributed by atoms with E-state index in [9.17, 15) is 0 Å². The maximum atomic E-state index is 5.06. The molecular formula is C24H31BN6. The first-order chi connectivity index (χ1) is 15.2. The molecule has 6 nitrogen and oxygen atoms in total. The van der Waals surface area contributed by atoms with E-state index in [2.05, 4.69) is 40.3 Å². The Kier molecular flexibility index (Phi) is 4.94. The van der Waals surface area contributed by atoms with Crippen molar-refractivity contribution in [2.45, 2.75) is 57.0 Å². The highest BCUT2D eigenvalue weighted by Crippen LogP contribution is 2.47. The Balaban J connectivity index is 1.20. The van der Waals surface area contributed by atoms with E-state index in [-0.39, 0.29) is 0 Å². The number of likely N-dealkylation sites (tertiary alicyclic amines) is 1. The van der Waals surface area contributed by atoms with Gasteiger partial charge in [-0.15, -0.1) is 0 Å². The maximum Gasteiger partial charge on any atom is 0.151 e. The lowest BCUT2D eigenvalue weighted by molar-refractivity contribution is 0.110. The molecule has 2 saturated carbocycles. The molecule has 3 aromatic heterocycles. The van der Waals surface area contributed by atoms with Crippen molar-refractivity contribution in [2.75, 3.05) is 18.4 Å². The van der Waals surface area contributed by atoms with Gasteiger partial charge in [0.1, 0.15) is 13.7 Å². The van der Waals surface area contributed by atoms with Gasteiger partial charge in [0.05, 0.1) is 0 Å². The molecule has 7 heteroatoms. The first-order valence-electron chi connectivity index (χ1n) is 12.0. The number of pyridine rings is 1. The first-order valence-corrected chi connectivity index (χ1v) is 12.0. The van der Waals surface area contributed by atoms with E-state index < -0.39 is 0 Å². The van der Waals surface area contributed by atoms with Gasteiger partial charge < -0.3 is 10.2 Å². The molecule has 3 aliphatic rings. The highest BCUT2D eigenvalue weighted by molar-refractivity contribution is 6.36. The smallest absolute Gasteiger partial charge is 0.151 e. The third-order valence-corrected chi connectivity index (χ3v) is 7.98. The van der Waals surface area contributed by atoms with E-state index in [1.54, 1.807) is 0 Å². The molecule has 3 aromatic rings. The van der Waals surface area contributed by atoms with Crippen molar-refractivity contribution >= 4 is 24.8 Å². The molecule has 4 heterocycles. The number of nitrogens with zero attached hydrogens (tertiary/aromatic N) is 5. The van der Waals surface area contributed by atoms with Crippen LogP contribution < -0.4 is 10.8 Å². The fourth-order valence-corrected chi connectivity index (χ4v) is 6.31. The van der Waals surface area contributed by atoms with Gasteiger partial charge in [-0.05, 0) is 74.1 Å². The number of hydrogen-bond donors (Lipinski definition) is 1. The molecule has 1 unspecified atom stereocenters. The predicted molar refractivity (Wildman–Crippen MR) is 126 cm³/mol. The number of fused-ring (bicyclic) bond motifs is 3. The molecule has 1 saturated heterocycles. The summed E-state index contributed by atoms with van der Waals surface area (Å²) < 4.78 is 1.94. The molecule has 1 aliphatic heterocycles. The summed E-state index contributed by atoms with van der Waals surface area (Å²) in [6, 6.07) is 7.17. The molecule has 2 bridgehead atoms. The Bertz CT molecular complexity index is 1060. The monoisotopic (exact) mass is 414 g/mol. The zero-order chi connectivity index (χ0) is 20.8. The highest BCUT2D eigenvalue weighted by Gasteiger charge is 2.43. The summed E-state index contributed by atoms with van der Waals surface area (Å²) in [5, 5.41) is 8.15. The number of piperidine rings is 1. The molecule has 1 N–H and O–H groups in total. The number of anilines is 1. The highest BCUT2D eigenvalue weighted by atomic mass is 15.3. The first kappa shape index (κ1) is 19.3. The topological polar surface area (TPSA) is 58.4 Å². The van der Waals surface area contributed by atoms with Crippen LogP contribution in [0.4, 0.5) is 5.82 Å². The van der Waals surface area contributed by atoms with Crippen LogP contribution in [0.5, 0.6) is 0 Å². The normalized spacial score (nSPS) is 26.6. The van der Waals surface area contributed by atoms with Gasteiger partial charge in [-0.2, -0.15) is 9.61 Å². The van der Waals surface area contributed by atoms with E-state index in [4.69, 9.17) is 4.98 Å². The third-order valence-electron chi connectivity index (χ3n) is 7.98.